The molecule has 0 aliphatic rings. The molecule has 0 saturated heterocycles. The SMILES string of the molecule is C=CCN(CC)S(=O)(=O)c1cc(N)c(Br)cc1OC. The second kappa shape index (κ2) is 6.40. The Balaban J connectivity index is 3.42. The van der Waals surface area contributed by atoms with Crippen LogP contribution < -0.4 is 10.5 Å². The summed E-state index contributed by atoms with van der Waals surface area (Å²) in [6.45, 7) is 5.89. The number of hydrogen-bond donors (Lipinski definition) is 1. The molecule has 1 aromatic rings. The van der Waals surface area contributed by atoms with Crippen molar-refractivity contribution in [2.45, 2.75) is 11.8 Å². The van der Waals surface area contributed by atoms with Gasteiger partial charge in [-0.25, -0.2) is 8.42 Å². The Hall–Kier alpha value is -1.05. The minimum Gasteiger partial charge on any atom is -0.495 e. The number of nitrogens with zero attached hydrogens (tertiary/aromatic N) is 1. The van der Waals surface area contributed by atoms with Crippen molar-refractivity contribution in [1.82, 2.24) is 4.31 Å². The van der Waals surface area contributed by atoms with Crippen LogP contribution in [0.3, 0.4) is 0 Å². The lowest BCUT2D eigenvalue weighted by molar-refractivity contribution is 0.397. The lowest BCUT2D eigenvalue weighted by Crippen LogP contribution is -2.31. The van der Waals surface area contributed by atoms with E-state index in [0.29, 0.717) is 16.7 Å². The van der Waals surface area contributed by atoms with Crippen molar-refractivity contribution < 1.29 is 13.2 Å². The number of halogens is 1. The van der Waals surface area contributed by atoms with Crippen LogP contribution in [0.1, 0.15) is 6.92 Å². The monoisotopic (exact) mass is 348 g/mol. The van der Waals surface area contributed by atoms with E-state index in [4.69, 9.17) is 10.5 Å². The summed E-state index contributed by atoms with van der Waals surface area (Å²) in [6, 6.07) is 2.94. The number of nitrogen functional groups attached to an aromatic ring is 1. The molecule has 0 atom stereocenters. The predicted octanol–water partition coefficient (Wildman–Crippen LogP) is 2.24. The molecule has 0 heterocycles. The normalized spacial score (nSPS) is 11.6. The number of nitrogens with two attached hydrogens (primary N) is 1. The van der Waals surface area contributed by atoms with Gasteiger partial charge in [-0.3, -0.25) is 0 Å². The molecule has 0 aromatic heterocycles. The molecule has 0 radical (unpaired) electrons. The number of methoxy groups -OCH3 is 1. The maximum absolute atomic E-state index is 12.5. The zero-order valence-corrected chi connectivity index (χ0v) is 13.3. The Labute approximate surface area is 122 Å². The molecular weight excluding hydrogens is 332 g/mol. The van der Waals surface area contributed by atoms with E-state index in [0.717, 1.165) is 0 Å². The van der Waals surface area contributed by atoms with Crippen LogP contribution >= 0.6 is 15.9 Å². The summed E-state index contributed by atoms with van der Waals surface area (Å²) >= 11 is 3.24. The van der Waals surface area contributed by atoms with Gasteiger partial charge in [-0.05, 0) is 28.1 Å². The summed E-state index contributed by atoms with van der Waals surface area (Å²) < 4.78 is 32.1. The zero-order valence-electron chi connectivity index (χ0n) is 10.9. The molecule has 0 fully saturated rings. The summed E-state index contributed by atoms with van der Waals surface area (Å²) in [5.74, 6) is 0.253. The first-order valence-electron chi connectivity index (χ1n) is 5.62. The van der Waals surface area contributed by atoms with E-state index in [1.54, 1.807) is 13.0 Å². The molecule has 7 heteroatoms. The highest BCUT2D eigenvalue weighted by molar-refractivity contribution is 9.10. The maximum Gasteiger partial charge on any atom is 0.247 e. The van der Waals surface area contributed by atoms with E-state index in [9.17, 15) is 8.42 Å². The molecule has 0 amide bonds. The van der Waals surface area contributed by atoms with Crippen molar-refractivity contribution in [2.75, 3.05) is 25.9 Å². The molecule has 2 N–H and O–H groups in total. The first-order chi connectivity index (χ1) is 8.88. The van der Waals surface area contributed by atoms with E-state index in [-0.39, 0.29) is 17.2 Å². The molecule has 0 aliphatic carbocycles. The van der Waals surface area contributed by atoms with E-state index in [1.165, 1.54) is 23.6 Å². The Kier molecular flexibility index (Phi) is 5.39. The fourth-order valence-corrected chi connectivity index (χ4v) is 3.51. The number of ether oxygens (including phenoxy) is 1. The fraction of sp³-hybridized carbons (Fsp3) is 0.333. The van der Waals surface area contributed by atoms with Crippen molar-refractivity contribution >= 4 is 31.6 Å². The standard InChI is InChI=1S/C12H17BrN2O3S/c1-4-6-15(5-2)19(16,17)12-8-10(14)9(13)7-11(12)18-3/h4,7-8H,1,5-6,14H2,2-3H3. The molecule has 1 aromatic carbocycles. The van der Waals surface area contributed by atoms with Gasteiger partial charge in [-0.2, -0.15) is 4.31 Å². The van der Waals surface area contributed by atoms with Gasteiger partial charge < -0.3 is 10.5 Å². The van der Waals surface area contributed by atoms with Gasteiger partial charge in [0.2, 0.25) is 10.0 Å². The van der Waals surface area contributed by atoms with Crippen LogP contribution in [-0.2, 0) is 10.0 Å². The Morgan fingerprint density at radius 1 is 1.53 bits per heavy atom. The van der Waals surface area contributed by atoms with Gasteiger partial charge >= 0.3 is 0 Å². The molecule has 0 bridgehead atoms. The number of anilines is 1. The average Bonchev–Trinajstić information content (AvgIpc) is 2.38. The molecule has 5 nitrogen and oxygen atoms in total. The van der Waals surface area contributed by atoms with Crippen molar-refractivity contribution in [3.05, 3.63) is 29.3 Å². The second-order valence-corrected chi connectivity index (χ2v) is 6.53. The van der Waals surface area contributed by atoms with Gasteiger partial charge in [0.25, 0.3) is 0 Å². The third-order valence-electron chi connectivity index (χ3n) is 2.59. The first-order valence-corrected chi connectivity index (χ1v) is 7.85. The van der Waals surface area contributed by atoms with Crippen molar-refractivity contribution in [3.8, 4) is 5.75 Å². The van der Waals surface area contributed by atoms with Gasteiger partial charge in [-0.1, -0.05) is 13.0 Å². The van der Waals surface area contributed by atoms with Crippen LogP contribution in [0.25, 0.3) is 0 Å². The largest absolute Gasteiger partial charge is 0.495 e. The predicted molar refractivity (Wildman–Crippen MR) is 79.7 cm³/mol. The molecule has 0 unspecified atom stereocenters. The minimum atomic E-state index is -3.66. The van der Waals surface area contributed by atoms with Gasteiger partial charge in [0.15, 0.2) is 0 Å². The lowest BCUT2D eigenvalue weighted by atomic mass is 10.3. The van der Waals surface area contributed by atoms with E-state index >= 15 is 0 Å². The summed E-state index contributed by atoms with van der Waals surface area (Å²) in [5, 5.41) is 0. The van der Waals surface area contributed by atoms with Crippen LogP contribution in [0, 0.1) is 0 Å². The number of sulfonamides is 1. The van der Waals surface area contributed by atoms with Crippen LogP contribution in [-0.4, -0.2) is 32.9 Å². The van der Waals surface area contributed by atoms with E-state index in [2.05, 4.69) is 22.5 Å². The van der Waals surface area contributed by atoms with Crippen LogP contribution in [0.15, 0.2) is 34.2 Å². The highest BCUT2D eigenvalue weighted by Crippen LogP contribution is 2.33. The second-order valence-electron chi connectivity index (χ2n) is 3.77. The highest BCUT2D eigenvalue weighted by Gasteiger charge is 2.26. The molecule has 0 aliphatic heterocycles. The number of rotatable bonds is 6. The Morgan fingerprint density at radius 2 is 2.16 bits per heavy atom. The number of likely N-dealkylation sites (N-methyl/N-ethyl adjacent to an activating group) is 1. The van der Waals surface area contributed by atoms with Gasteiger partial charge in [-0.15, -0.1) is 6.58 Å². The highest BCUT2D eigenvalue weighted by atomic mass is 79.9. The zero-order chi connectivity index (χ0) is 14.6. The Morgan fingerprint density at radius 3 is 2.63 bits per heavy atom. The summed E-state index contributed by atoms with van der Waals surface area (Å²) in [5.41, 5.74) is 6.09. The van der Waals surface area contributed by atoms with Crippen LogP contribution in [0.5, 0.6) is 5.75 Å². The van der Waals surface area contributed by atoms with Crippen molar-refractivity contribution in [3.63, 3.8) is 0 Å². The molecule has 0 spiro atoms. The third-order valence-corrected chi connectivity index (χ3v) is 5.23. The fourth-order valence-electron chi connectivity index (χ4n) is 1.59. The van der Waals surface area contributed by atoms with E-state index < -0.39 is 10.0 Å². The molecular formula is C12H17BrN2O3S. The average molecular weight is 349 g/mol. The van der Waals surface area contributed by atoms with Crippen LogP contribution in [0.2, 0.25) is 0 Å². The molecule has 1 rings (SSSR count). The van der Waals surface area contributed by atoms with Gasteiger partial charge in [0.05, 0.1) is 7.11 Å². The van der Waals surface area contributed by atoms with Gasteiger partial charge in [0, 0.05) is 23.2 Å². The summed E-state index contributed by atoms with van der Waals surface area (Å²) in [4.78, 5) is 0.0550. The number of benzene rings is 1. The van der Waals surface area contributed by atoms with E-state index in [1.807, 2.05) is 0 Å². The first kappa shape index (κ1) is 16.0. The molecule has 106 valence electrons. The summed E-state index contributed by atoms with van der Waals surface area (Å²) in [6.07, 6.45) is 1.54. The quantitative estimate of drug-likeness (QED) is 0.632. The molecule has 19 heavy (non-hydrogen) atoms. The van der Waals surface area contributed by atoms with Gasteiger partial charge in [0.1, 0.15) is 10.6 Å². The minimum absolute atomic E-state index is 0.0550. The summed E-state index contributed by atoms with van der Waals surface area (Å²) in [7, 11) is -2.24. The third kappa shape index (κ3) is 3.29. The van der Waals surface area contributed by atoms with Crippen molar-refractivity contribution in [2.24, 2.45) is 0 Å². The Bertz CT molecular complexity index is 573. The number of hydrogen-bond acceptors (Lipinski definition) is 4. The maximum atomic E-state index is 12.5. The molecule has 0 saturated carbocycles. The topological polar surface area (TPSA) is 72.6 Å². The smallest absolute Gasteiger partial charge is 0.247 e. The van der Waals surface area contributed by atoms with Crippen molar-refractivity contribution in [1.29, 1.82) is 0 Å². The lowest BCUT2D eigenvalue weighted by Gasteiger charge is -2.20. The van der Waals surface area contributed by atoms with Crippen LogP contribution in [0.4, 0.5) is 5.69 Å².